The van der Waals surface area contributed by atoms with Crippen molar-refractivity contribution in [2.45, 2.75) is 62.5 Å². The molecule has 1 aromatic rings. The molecule has 0 aliphatic rings. The third-order valence-electron chi connectivity index (χ3n) is 3.69. The lowest BCUT2D eigenvalue weighted by atomic mass is 9.90. The molecule has 1 atom stereocenters. The Hall–Kier alpha value is -0.870. The summed E-state index contributed by atoms with van der Waals surface area (Å²) in [5.74, 6) is 0.486. The van der Waals surface area contributed by atoms with E-state index < -0.39 is 9.84 Å². The van der Waals surface area contributed by atoms with Crippen molar-refractivity contribution in [2.24, 2.45) is 5.73 Å². The highest BCUT2D eigenvalue weighted by Crippen LogP contribution is 2.27. The largest absolute Gasteiger partial charge is 0.330 e. The Labute approximate surface area is 123 Å². The van der Waals surface area contributed by atoms with Crippen molar-refractivity contribution < 1.29 is 8.42 Å². The van der Waals surface area contributed by atoms with Crippen LogP contribution in [0.2, 0.25) is 0 Å². The van der Waals surface area contributed by atoms with Gasteiger partial charge in [0.05, 0.1) is 10.1 Å². The molecule has 2 N–H and O–H groups in total. The first kappa shape index (κ1) is 17.2. The Kier molecular flexibility index (Phi) is 6.69. The summed E-state index contributed by atoms with van der Waals surface area (Å²) in [6, 6.07) is 7.42. The van der Waals surface area contributed by atoms with Crippen LogP contribution in [0.5, 0.6) is 0 Å². The van der Waals surface area contributed by atoms with Crippen LogP contribution in [0.1, 0.15) is 57.9 Å². The minimum Gasteiger partial charge on any atom is -0.330 e. The molecule has 0 radical (unpaired) electrons. The molecule has 0 fully saturated rings. The maximum absolute atomic E-state index is 12.1. The van der Waals surface area contributed by atoms with Crippen LogP contribution in [0.3, 0.4) is 0 Å². The van der Waals surface area contributed by atoms with Crippen LogP contribution in [-0.2, 0) is 9.84 Å². The predicted molar refractivity (Wildman–Crippen MR) is 84.7 cm³/mol. The molecular formula is C16H27NO2S. The summed E-state index contributed by atoms with van der Waals surface area (Å²) in [6.07, 6.45) is 4.33. The van der Waals surface area contributed by atoms with Crippen LogP contribution < -0.4 is 5.73 Å². The zero-order valence-corrected chi connectivity index (χ0v) is 13.6. The molecule has 0 heterocycles. The average molecular weight is 297 g/mol. The summed E-state index contributed by atoms with van der Waals surface area (Å²) in [5, 5.41) is -0.378. The van der Waals surface area contributed by atoms with Crippen LogP contribution in [-0.4, -0.2) is 20.2 Å². The second-order valence-electron chi connectivity index (χ2n) is 5.58. The van der Waals surface area contributed by atoms with Crippen molar-refractivity contribution in [1.29, 1.82) is 0 Å². The number of rotatable bonds is 8. The number of benzene rings is 1. The molecule has 0 aromatic heterocycles. The molecule has 1 rings (SSSR count). The van der Waals surface area contributed by atoms with E-state index in [-0.39, 0.29) is 5.25 Å². The molecule has 0 saturated heterocycles. The monoisotopic (exact) mass is 297 g/mol. The molecule has 114 valence electrons. The second-order valence-corrected chi connectivity index (χ2v) is 8.08. The van der Waals surface area contributed by atoms with Gasteiger partial charge in [-0.25, -0.2) is 8.42 Å². The quantitative estimate of drug-likeness (QED) is 0.799. The van der Waals surface area contributed by atoms with Crippen LogP contribution >= 0.6 is 0 Å². The maximum Gasteiger partial charge on any atom is 0.180 e. The Morgan fingerprint density at radius 2 is 1.70 bits per heavy atom. The molecule has 0 saturated carbocycles. The van der Waals surface area contributed by atoms with E-state index in [0.29, 0.717) is 17.4 Å². The smallest absolute Gasteiger partial charge is 0.180 e. The minimum atomic E-state index is -3.17. The lowest BCUT2D eigenvalue weighted by molar-refractivity contribution is 0.549. The number of hydrogen-bond acceptors (Lipinski definition) is 3. The average Bonchev–Trinajstić information content (AvgIpc) is 2.43. The molecule has 4 heteroatoms. The van der Waals surface area contributed by atoms with Crippen molar-refractivity contribution in [2.75, 3.05) is 6.54 Å². The highest BCUT2D eigenvalue weighted by molar-refractivity contribution is 7.92. The molecule has 0 bridgehead atoms. The molecule has 1 aromatic carbocycles. The van der Waals surface area contributed by atoms with Gasteiger partial charge in [-0.3, -0.25) is 0 Å². The van der Waals surface area contributed by atoms with Crippen molar-refractivity contribution in [1.82, 2.24) is 0 Å². The first-order valence-corrected chi connectivity index (χ1v) is 9.02. The van der Waals surface area contributed by atoms with E-state index in [4.69, 9.17) is 5.73 Å². The van der Waals surface area contributed by atoms with Crippen LogP contribution in [0.25, 0.3) is 0 Å². The topological polar surface area (TPSA) is 60.2 Å². The van der Waals surface area contributed by atoms with Crippen LogP contribution in [0.4, 0.5) is 0 Å². The van der Waals surface area contributed by atoms with Crippen molar-refractivity contribution >= 4 is 9.84 Å². The summed E-state index contributed by atoms with van der Waals surface area (Å²) in [4.78, 5) is 0.422. The van der Waals surface area contributed by atoms with Gasteiger partial charge >= 0.3 is 0 Å². The van der Waals surface area contributed by atoms with E-state index in [1.54, 1.807) is 26.0 Å². The lowest BCUT2D eigenvalue weighted by Gasteiger charge is -2.17. The highest BCUT2D eigenvalue weighted by Gasteiger charge is 2.19. The Morgan fingerprint density at radius 3 is 2.15 bits per heavy atom. The van der Waals surface area contributed by atoms with Gasteiger partial charge in [0.15, 0.2) is 9.84 Å². The van der Waals surface area contributed by atoms with Gasteiger partial charge in [0.25, 0.3) is 0 Å². The van der Waals surface area contributed by atoms with Gasteiger partial charge in [-0.1, -0.05) is 25.5 Å². The van der Waals surface area contributed by atoms with Gasteiger partial charge < -0.3 is 5.73 Å². The Morgan fingerprint density at radius 1 is 1.10 bits per heavy atom. The maximum atomic E-state index is 12.1. The summed E-state index contributed by atoms with van der Waals surface area (Å²) in [6.45, 7) is 6.31. The molecule has 1 unspecified atom stereocenters. The SMILES string of the molecule is CCCC(CCCN)c1ccc(S(=O)(=O)C(C)C)cc1. The number of nitrogens with two attached hydrogens (primary N) is 1. The zero-order chi connectivity index (χ0) is 15.2. The molecular weight excluding hydrogens is 270 g/mol. The Bertz CT molecular complexity index is 492. The van der Waals surface area contributed by atoms with Gasteiger partial charge in [0.2, 0.25) is 0 Å². The molecule has 0 amide bonds. The molecule has 0 spiro atoms. The number of sulfone groups is 1. The fraction of sp³-hybridized carbons (Fsp3) is 0.625. The van der Waals surface area contributed by atoms with E-state index >= 15 is 0 Å². The van der Waals surface area contributed by atoms with Crippen molar-refractivity contribution in [3.05, 3.63) is 29.8 Å². The summed E-state index contributed by atoms with van der Waals surface area (Å²) in [7, 11) is -3.17. The predicted octanol–water partition coefficient (Wildman–Crippen LogP) is 3.49. The van der Waals surface area contributed by atoms with Gasteiger partial charge in [-0.15, -0.1) is 0 Å². The first-order chi connectivity index (χ1) is 9.43. The standard InChI is InChI=1S/C16H27NO2S/c1-4-6-14(7-5-12-17)15-8-10-16(11-9-15)20(18,19)13(2)3/h8-11,13-14H,4-7,12,17H2,1-3H3. The van der Waals surface area contributed by atoms with E-state index in [9.17, 15) is 8.42 Å². The molecule has 0 aliphatic carbocycles. The molecule has 20 heavy (non-hydrogen) atoms. The molecule has 0 aliphatic heterocycles. The van der Waals surface area contributed by atoms with Crippen LogP contribution in [0.15, 0.2) is 29.2 Å². The van der Waals surface area contributed by atoms with Crippen molar-refractivity contribution in [3.8, 4) is 0 Å². The minimum absolute atomic E-state index is 0.378. The first-order valence-electron chi connectivity index (χ1n) is 7.47. The van der Waals surface area contributed by atoms with Gasteiger partial charge in [0, 0.05) is 0 Å². The van der Waals surface area contributed by atoms with Crippen LogP contribution in [0, 0.1) is 0 Å². The summed E-state index contributed by atoms with van der Waals surface area (Å²) in [5.41, 5.74) is 6.81. The lowest BCUT2D eigenvalue weighted by Crippen LogP contribution is -2.14. The fourth-order valence-corrected chi connectivity index (χ4v) is 3.45. The zero-order valence-electron chi connectivity index (χ0n) is 12.8. The van der Waals surface area contributed by atoms with Gasteiger partial charge in [-0.05, 0) is 63.3 Å². The second kappa shape index (κ2) is 7.79. The normalized spacial score (nSPS) is 13.7. The summed E-state index contributed by atoms with van der Waals surface area (Å²) >= 11 is 0. The number of hydrogen-bond donors (Lipinski definition) is 1. The fourth-order valence-electron chi connectivity index (χ4n) is 2.39. The van der Waals surface area contributed by atoms with E-state index in [0.717, 1.165) is 25.7 Å². The third kappa shape index (κ3) is 4.32. The Balaban J connectivity index is 2.93. The van der Waals surface area contributed by atoms with E-state index in [2.05, 4.69) is 6.92 Å². The summed E-state index contributed by atoms with van der Waals surface area (Å²) < 4.78 is 24.2. The van der Waals surface area contributed by atoms with Crippen molar-refractivity contribution in [3.63, 3.8) is 0 Å². The molecule has 3 nitrogen and oxygen atoms in total. The van der Waals surface area contributed by atoms with E-state index in [1.165, 1.54) is 5.56 Å². The van der Waals surface area contributed by atoms with E-state index in [1.807, 2.05) is 12.1 Å². The van der Waals surface area contributed by atoms with Gasteiger partial charge in [-0.2, -0.15) is 0 Å². The third-order valence-corrected chi connectivity index (χ3v) is 5.86. The van der Waals surface area contributed by atoms with Gasteiger partial charge in [0.1, 0.15) is 0 Å². The highest BCUT2D eigenvalue weighted by atomic mass is 32.2.